The lowest BCUT2D eigenvalue weighted by molar-refractivity contribution is 0.414. The van der Waals surface area contributed by atoms with E-state index in [2.05, 4.69) is 45.0 Å². The standard InChI is InChI=1S/C14H20N4OS/c1-3-7-15-13-12(19-2)14(18-10-17-13)16-8-6-11-5-4-9-20-11/h4-5,9-10H,3,6-8H2,1-2H3,(H2,15,16,17,18). The van der Waals surface area contributed by atoms with Gasteiger partial charge in [0.2, 0.25) is 5.75 Å². The average molecular weight is 292 g/mol. The van der Waals surface area contributed by atoms with Gasteiger partial charge in [-0.05, 0) is 24.3 Å². The van der Waals surface area contributed by atoms with E-state index in [1.54, 1.807) is 24.8 Å². The van der Waals surface area contributed by atoms with Gasteiger partial charge in [-0.1, -0.05) is 13.0 Å². The molecule has 20 heavy (non-hydrogen) atoms. The molecule has 0 radical (unpaired) electrons. The van der Waals surface area contributed by atoms with Gasteiger partial charge in [0.1, 0.15) is 6.33 Å². The van der Waals surface area contributed by atoms with Gasteiger partial charge in [0, 0.05) is 18.0 Å². The molecule has 0 bridgehead atoms. The predicted octanol–water partition coefficient (Wildman–Crippen LogP) is 3.02. The molecule has 2 heterocycles. The first-order valence-electron chi connectivity index (χ1n) is 6.74. The van der Waals surface area contributed by atoms with Crippen molar-refractivity contribution in [2.75, 3.05) is 30.8 Å². The van der Waals surface area contributed by atoms with Crippen molar-refractivity contribution in [1.29, 1.82) is 0 Å². The maximum atomic E-state index is 5.41. The minimum absolute atomic E-state index is 0.673. The first kappa shape index (κ1) is 14.6. The van der Waals surface area contributed by atoms with Crippen molar-refractivity contribution >= 4 is 23.0 Å². The Hall–Kier alpha value is -1.82. The van der Waals surface area contributed by atoms with E-state index in [1.807, 2.05) is 0 Å². The third-order valence-corrected chi connectivity index (χ3v) is 3.73. The number of ether oxygens (including phenoxy) is 1. The van der Waals surface area contributed by atoms with Crippen molar-refractivity contribution in [3.8, 4) is 5.75 Å². The lowest BCUT2D eigenvalue weighted by Gasteiger charge is -2.13. The Bertz CT molecular complexity index is 516. The van der Waals surface area contributed by atoms with Gasteiger partial charge < -0.3 is 15.4 Å². The minimum atomic E-state index is 0.673. The summed E-state index contributed by atoms with van der Waals surface area (Å²) in [6.45, 7) is 3.80. The fourth-order valence-corrected chi connectivity index (χ4v) is 2.53. The van der Waals surface area contributed by atoms with Crippen LogP contribution in [0, 0.1) is 0 Å². The van der Waals surface area contributed by atoms with Crippen LogP contribution in [0.15, 0.2) is 23.8 Å². The Morgan fingerprint density at radius 3 is 2.55 bits per heavy atom. The number of hydrogen-bond donors (Lipinski definition) is 2. The summed E-state index contributed by atoms with van der Waals surface area (Å²) >= 11 is 1.77. The lowest BCUT2D eigenvalue weighted by Crippen LogP contribution is -2.10. The van der Waals surface area contributed by atoms with Crippen molar-refractivity contribution in [3.63, 3.8) is 0 Å². The Morgan fingerprint density at radius 2 is 1.95 bits per heavy atom. The number of nitrogens with zero attached hydrogens (tertiary/aromatic N) is 2. The summed E-state index contributed by atoms with van der Waals surface area (Å²) in [7, 11) is 1.64. The van der Waals surface area contributed by atoms with Crippen LogP contribution in [0.1, 0.15) is 18.2 Å². The van der Waals surface area contributed by atoms with E-state index >= 15 is 0 Å². The smallest absolute Gasteiger partial charge is 0.204 e. The molecule has 0 fully saturated rings. The zero-order valence-electron chi connectivity index (χ0n) is 11.8. The molecule has 0 unspecified atom stereocenters. The monoisotopic (exact) mass is 292 g/mol. The maximum Gasteiger partial charge on any atom is 0.204 e. The van der Waals surface area contributed by atoms with Gasteiger partial charge in [-0.25, -0.2) is 9.97 Å². The molecular formula is C14H20N4OS. The predicted molar refractivity (Wildman–Crippen MR) is 83.9 cm³/mol. The highest BCUT2D eigenvalue weighted by Crippen LogP contribution is 2.28. The van der Waals surface area contributed by atoms with Crippen LogP contribution in [0.4, 0.5) is 11.6 Å². The van der Waals surface area contributed by atoms with Gasteiger partial charge in [0.05, 0.1) is 7.11 Å². The molecule has 2 aromatic rings. The molecule has 0 aliphatic carbocycles. The SMILES string of the molecule is CCCNc1ncnc(NCCc2cccs2)c1OC. The van der Waals surface area contributed by atoms with Gasteiger partial charge in [0.15, 0.2) is 11.6 Å². The van der Waals surface area contributed by atoms with Crippen LogP contribution in [0.3, 0.4) is 0 Å². The van der Waals surface area contributed by atoms with E-state index in [9.17, 15) is 0 Å². The molecule has 0 aliphatic heterocycles. The van der Waals surface area contributed by atoms with Gasteiger partial charge in [-0.3, -0.25) is 0 Å². The van der Waals surface area contributed by atoms with Gasteiger partial charge >= 0.3 is 0 Å². The number of nitrogens with one attached hydrogen (secondary N) is 2. The van der Waals surface area contributed by atoms with E-state index in [0.29, 0.717) is 5.75 Å². The summed E-state index contributed by atoms with van der Waals surface area (Å²) in [6, 6.07) is 4.20. The van der Waals surface area contributed by atoms with Crippen molar-refractivity contribution in [2.24, 2.45) is 0 Å². The molecular weight excluding hydrogens is 272 g/mol. The van der Waals surface area contributed by atoms with Crippen LogP contribution in [0.5, 0.6) is 5.75 Å². The Morgan fingerprint density at radius 1 is 1.20 bits per heavy atom. The zero-order chi connectivity index (χ0) is 14.2. The number of thiophene rings is 1. The van der Waals surface area contributed by atoms with Crippen LogP contribution < -0.4 is 15.4 Å². The molecule has 0 spiro atoms. The first-order chi connectivity index (χ1) is 9.85. The topological polar surface area (TPSA) is 59.1 Å². The Labute approximate surface area is 123 Å². The number of hydrogen-bond acceptors (Lipinski definition) is 6. The van der Waals surface area contributed by atoms with Gasteiger partial charge in [-0.15, -0.1) is 11.3 Å². The normalized spacial score (nSPS) is 10.3. The second-order valence-corrected chi connectivity index (χ2v) is 5.32. The molecule has 0 saturated carbocycles. The summed E-state index contributed by atoms with van der Waals surface area (Å²) < 4.78 is 5.41. The fraction of sp³-hybridized carbons (Fsp3) is 0.429. The van der Waals surface area contributed by atoms with Crippen LogP contribution in [-0.2, 0) is 6.42 Å². The molecule has 0 amide bonds. The third-order valence-electron chi connectivity index (χ3n) is 2.79. The molecule has 108 valence electrons. The summed E-state index contributed by atoms with van der Waals surface area (Å²) in [6.07, 6.45) is 3.56. The van der Waals surface area contributed by atoms with E-state index in [4.69, 9.17) is 4.74 Å². The second-order valence-electron chi connectivity index (χ2n) is 4.29. The number of anilines is 2. The lowest BCUT2D eigenvalue weighted by atomic mass is 10.3. The maximum absolute atomic E-state index is 5.41. The number of rotatable bonds is 8. The number of methoxy groups -OCH3 is 1. The molecule has 0 aliphatic rings. The van der Waals surface area contributed by atoms with E-state index in [0.717, 1.165) is 37.6 Å². The van der Waals surface area contributed by atoms with Gasteiger partial charge in [-0.2, -0.15) is 0 Å². The third kappa shape index (κ3) is 3.84. The van der Waals surface area contributed by atoms with Crippen molar-refractivity contribution in [1.82, 2.24) is 9.97 Å². The van der Waals surface area contributed by atoms with Crippen LogP contribution in [0.2, 0.25) is 0 Å². The van der Waals surface area contributed by atoms with Crippen molar-refractivity contribution in [2.45, 2.75) is 19.8 Å². The van der Waals surface area contributed by atoms with Crippen LogP contribution >= 0.6 is 11.3 Å². The summed E-state index contributed by atoms with van der Waals surface area (Å²) in [5, 5.41) is 8.64. The zero-order valence-corrected chi connectivity index (χ0v) is 12.7. The highest BCUT2D eigenvalue weighted by atomic mass is 32.1. The van der Waals surface area contributed by atoms with Crippen LogP contribution in [-0.4, -0.2) is 30.2 Å². The molecule has 0 saturated heterocycles. The quantitative estimate of drug-likeness (QED) is 0.783. The fourth-order valence-electron chi connectivity index (χ4n) is 1.82. The molecule has 0 atom stereocenters. The molecule has 2 rings (SSSR count). The Balaban J connectivity index is 1.99. The number of aromatic nitrogens is 2. The molecule has 6 heteroatoms. The molecule has 2 N–H and O–H groups in total. The van der Waals surface area contributed by atoms with E-state index in [1.165, 1.54) is 4.88 Å². The summed E-state index contributed by atoms with van der Waals surface area (Å²) in [5.41, 5.74) is 0. The van der Waals surface area contributed by atoms with E-state index in [-0.39, 0.29) is 0 Å². The highest BCUT2D eigenvalue weighted by Gasteiger charge is 2.11. The average Bonchev–Trinajstić information content (AvgIpc) is 2.98. The minimum Gasteiger partial charge on any atom is -0.490 e. The van der Waals surface area contributed by atoms with Crippen molar-refractivity contribution < 1.29 is 4.74 Å². The first-order valence-corrected chi connectivity index (χ1v) is 7.62. The molecule has 0 aromatic carbocycles. The molecule has 2 aromatic heterocycles. The summed E-state index contributed by atoms with van der Waals surface area (Å²) in [4.78, 5) is 9.83. The summed E-state index contributed by atoms with van der Waals surface area (Å²) in [5.74, 6) is 2.15. The highest BCUT2D eigenvalue weighted by molar-refractivity contribution is 7.09. The largest absolute Gasteiger partial charge is 0.490 e. The molecule has 5 nitrogen and oxygen atoms in total. The van der Waals surface area contributed by atoms with E-state index < -0.39 is 0 Å². The second kappa shape index (κ2) is 7.69. The van der Waals surface area contributed by atoms with Crippen molar-refractivity contribution in [3.05, 3.63) is 28.7 Å². The van der Waals surface area contributed by atoms with Crippen LogP contribution in [0.25, 0.3) is 0 Å². The van der Waals surface area contributed by atoms with Gasteiger partial charge in [0.25, 0.3) is 0 Å². The Kier molecular flexibility index (Phi) is 5.61.